The van der Waals surface area contributed by atoms with Gasteiger partial charge in [0, 0.05) is 42.7 Å². The Hall–Kier alpha value is -3.26. The van der Waals surface area contributed by atoms with Crippen molar-refractivity contribution < 1.29 is 9.84 Å². The van der Waals surface area contributed by atoms with E-state index in [1.165, 1.54) is 0 Å². The van der Waals surface area contributed by atoms with Gasteiger partial charge in [0.15, 0.2) is 5.82 Å². The lowest BCUT2D eigenvalue weighted by Gasteiger charge is -2.50. The zero-order chi connectivity index (χ0) is 22.9. The number of rotatable bonds is 5. The van der Waals surface area contributed by atoms with Gasteiger partial charge < -0.3 is 19.6 Å². The van der Waals surface area contributed by atoms with Gasteiger partial charge in [-0.1, -0.05) is 18.2 Å². The van der Waals surface area contributed by atoms with E-state index in [9.17, 15) is 5.11 Å². The molecule has 0 amide bonds. The van der Waals surface area contributed by atoms with Crippen molar-refractivity contribution in [2.75, 3.05) is 22.9 Å². The molecule has 3 heterocycles. The molecule has 1 fully saturated rings. The quantitative estimate of drug-likeness (QED) is 0.653. The van der Waals surface area contributed by atoms with Crippen molar-refractivity contribution in [2.45, 2.75) is 52.3 Å². The lowest BCUT2D eigenvalue weighted by Crippen LogP contribution is -2.64. The predicted octanol–water partition coefficient (Wildman–Crippen LogP) is 3.53. The number of piperazine rings is 1. The summed E-state index contributed by atoms with van der Waals surface area (Å²) in [6.45, 7) is 11.1. The van der Waals surface area contributed by atoms with Crippen molar-refractivity contribution in [1.82, 2.24) is 20.2 Å². The minimum Gasteiger partial charge on any atom is -0.437 e. The summed E-state index contributed by atoms with van der Waals surface area (Å²) in [6, 6.07) is 9.50. The lowest BCUT2D eigenvalue weighted by atomic mass is 9.92. The Morgan fingerprint density at radius 1 is 1.00 bits per heavy atom. The van der Waals surface area contributed by atoms with Gasteiger partial charge in [-0.2, -0.15) is 0 Å². The maximum absolute atomic E-state index is 11.1. The van der Waals surface area contributed by atoms with E-state index in [0.717, 1.165) is 28.5 Å². The zero-order valence-corrected chi connectivity index (χ0v) is 19.2. The molecule has 1 N–H and O–H groups in total. The molecule has 1 unspecified atom stereocenters. The molecule has 0 spiro atoms. The fourth-order valence-electron chi connectivity index (χ4n) is 4.11. The summed E-state index contributed by atoms with van der Waals surface area (Å²) in [6.07, 6.45) is 5.12. The molecule has 0 bridgehead atoms. The van der Waals surface area contributed by atoms with Crippen LogP contribution in [0.4, 0.5) is 11.6 Å². The van der Waals surface area contributed by atoms with Crippen LogP contribution in [-0.2, 0) is 0 Å². The fraction of sp³-hybridized carbons (Fsp3) is 0.417. The van der Waals surface area contributed by atoms with E-state index in [0.29, 0.717) is 19.0 Å². The van der Waals surface area contributed by atoms with E-state index in [4.69, 9.17) is 4.74 Å². The van der Waals surface area contributed by atoms with Gasteiger partial charge in [0.1, 0.15) is 11.6 Å². The molecule has 32 heavy (non-hydrogen) atoms. The Bertz CT molecular complexity index is 1060. The van der Waals surface area contributed by atoms with Gasteiger partial charge in [0.2, 0.25) is 5.88 Å². The molecule has 168 valence electrons. The number of aliphatic hydroxyl groups is 1. The van der Waals surface area contributed by atoms with E-state index in [1.54, 1.807) is 18.6 Å². The van der Waals surface area contributed by atoms with Crippen LogP contribution in [0, 0.1) is 13.8 Å². The van der Waals surface area contributed by atoms with Gasteiger partial charge in [-0.15, -0.1) is 10.2 Å². The average molecular weight is 435 g/mol. The molecule has 1 aromatic carbocycles. The predicted molar refractivity (Wildman–Crippen MR) is 124 cm³/mol. The topological polar surface area (TPSA) is 87.5 Å². The highest BCUT2D eigenvalue weighted by molar-refractivity contribution is 5.55. The van der Waals surface area contributed by atoms with Crippen LogP contribution < -0.4 is 14.5 Å². The number of benzene rings is 1. The summed E-state index contributed by atoms with van der Waals surface area (Å²) < 4.78 is 5.96. The van der Waals surface area contributed by atoms with Crippen LogP contribution in [0.25, 0.3) is 0 Å². The molecular weight excluding hydrogens is 404 g/mol. The standard InChI is InChI=1S/C24H30N6O2/c1-16-14-30(20(24(4,5)31)15-29(16)21-13-25-11-12-26-21)22-17(2)18(3)23(28-27-22)32-19-9-7-6-8-10-19/h6-13,16,20,31H,14-15H2,1-5H3/t16-,20?/m1/s1. The molecule has 0 aliphatic carbocycles. The number of ether oxygens (including phenoxy) is 1. The Morgan fingerprint density at radius 2 is 1.75 bits per heavy atom. The van der Waals surface area contributed by atoms with Gasteiger partial charge in [-0.25, -0.2) is 4.98 Å². The second-order valence-corrected chi connectivity index (χ2v) is 8.88. The summed E-state index contributed by atoms with van der Waals surface area (Å²) >= 11 is 0. The van der Waals surface area contributed by atoms with Gasteiger partial charge in [-0.05, 0) is 46.8 Å². The van der Waals surface area contributed by atoms with E-state index in [-0.39, 0.29) is 12.1 Å². The van der Waals surface area contributed by atoms with Crippen LogP contribution in [0.15, 0.2) is 48.9 Å². The third kappa shape index (κ3) is 4.36. The molecule has 1 saturated heterocycles. The van der Waals surface area contributed by atoms with E-state index in [1.807, 2.05) is 58.0 Å². The summed E-state index contributed by atoms with van der Waals surface area (Å²) in [5, 5.41) is 20.0. The largest absolute Gasteiger partial charge is 0.437 e. The number of anilines is 2. The third-order valence-corrected chi connectivity index (χ3v) is 6.08. The highest BCUT2D eigenvalue weighted by Gasteiger charge is 2.41. The minimum absolute atomic E-state index is 0.145. The summed E-state index contributed by atoms with van der Waals surface area (Å²) in [7, 11) is 0. The molecule has 3 aromatic rings. The maximum atomic E-state index is 11.1. The van der Waals surface area contributed by atoms with Gasteiger partial charge in [0.25, 0.3) is 0 Å². The molecule has 1 aliphatic rings. The summed E-state index contributed by atoms with van der Waals surface area (Å²) in [5.74, 6) is 2.78. The molecular formula is C24H30N6O2. The highest BCUT2D eigenvalue weighted by atomic mass is 16.5. The van der Waals surface area contributed by atoms with Crippen LogP contribution in [0.5, 0.6) is 11.6 Å². The molecule has 8 nitrogen and oxygen atoms in total. The van der Waals surface area contributed by atoms with Crippen molar-refractivity contribution in [3.63, 3.8) is 0 Å². The van der Waals surface area contributed by atoms with Gasteiger partial charge in [0.05, 0.1) is 17.8 Å². The first-order chi connectivity index (χ1) is 15.3. The first-order valence-corrected chi connectivity index (χ1v) is 10.8. The van der Waals surface area contributed by atoms with E-state index < -0.39 is 5.60 Å². The molecule has 4 rings (SSSR count). The summed E-state index contributed by atoms with van der Waals surface area (Å²) in [4.78, 5) is 13.0. The van der Waals surface area contributed by atoms with Crippen LogP contribution in [0.2, 0.25) is 0 Å². The maximum Gasteiger partial charge on any atom is 0.242 e. The number of para-hydroxylation sites is 1. The highest BCUT2D eigenvalue weighted by Crippen LogP contribution is 2.34. The first kappa shape index (κ1) is 22.0. The zero-order valence-electron chi connectivity index (χ0n) is 19.2. The van der Waals surface area contributed by atoms with E-state index in [2.05, 4.69) is 36.9 Å². The van der Waals surface area contributed by atoms with Crippen LogP contribution >= 0.6 is 0 Å². The summed E-state index contributed by atoms with van der Waals surface area (Å²) in [5.41, 5.74) is 0.944. The van der Waals surface area contributed by atoms with Crippen molar-refractivity contribution >= 4 is 11.6 Å². The molecule has 8 heteroatoms. The second-order valence-electron chi connectivity index (χ2n) is 8.88. The first-order valence-electron chi connectivity index (χ1n) is 10.8. The lowest BCUT2D eigenvalue weighted by molar-refractivity contribution is 0.0453. The SMILES string of the molecule is Cc1c(Oc2ccccc2)nnc(N2C[C@@H](C)N(c3cnccn3)CC2C(C)(C)O)c1C. The Balaban J connectivity index is 1.66. The number of nitrogens with zero attached hydrogens (tertiary/aromatic N) is 6. The molecule has 2 aromatic heterocycles. The Labute approximate surface area is 188 Å². The van der Waals surface area contributed by atoms with Crippen LogP contribution in [0.1, 0.15) is 31.9 Å². The second kappa shape index (κ2) is 8.70. The monoisotopic (exact) mass is 434 g/mol. The third-order valence-electron chi connectivity index (χ3n) is 6.08. The van der Waals surface area contributed by atoms with Gasteiger partial charge >= 0.3 is 0 Å². The van der Waals surface area contributed by atoms with Crippen LogP contribution in [0.3, 0.4) is 0 Å². The Kier molecular flexibility index (Phi) is 5.97. The van der Waals surface area contributed by atoms with Crippen molar-refractivity contribution in [3.05, 3.63) is 60.0 Å². The van der Waals surface area contributed by atoms with Crippen molar-refractivity contribution in [2.24, 2.45) is 0 Å². The normalized spacial score (nSPS) is 19.2. The average Bonchev–Trinajstić information content (AvgIpc) is 2.77. The molecule has 2 atom stereocenters. The number of hydrogen-bond donors (Lipinski definition) is 1. The van der Waals surface area contributed by atoms with E-state index >= 15 is 0 Å². The van der Waals surface area contributed by atoms with Gasteiger partial charge in [-0.3, -0.25) is 4.98 Å². The molecule has 0 radical (unpaired) electrons. The fourth-order valence-corrected chi connectivity index (χ4v) is 4.11. The van der Waals surface area contributed by atoms with Crippen molar-refractivity contribution in [1.29, 1.82) is 0 Å². The minimum atomic E-state index is -0.970. The van der Waals surface area contributed by atoms with Crippen LogP contribution in [-0.4, -0.2) is 56.0 Å². The number of hydrogen-bond acceptors (Lipinski definition) is 8. The van der Waals surface area contributed by atoms with Crippen molar-refractivity contribution in [3.8, 4) is 11.6 Å². The smallest absolute Gasteiger partial charge is 0.242 e. The molecule has 0 saturated carbocycles. The number of aromatic nitrogens is 4. The molecule has 1 aliphatic heterocycles. The Morgan fingerprint density at radius 3 is 2.41 bits per heavy atom.